The molecule has 1 N–H and O–H groups in total. The lowest BCUT2D eigenvalue weighted by Crippen LogP contribution is -2.47. The van der Waals surface area contributed by atoms with Crippen LogP contribution < -0.4 is 9.47 Å². The molecule has 0 saturated carbocycles. The van der Waals surface area contributed by atoms with Crippen LogP contribution in [0.15, 0.2) is 42.6 Å². The van der Waals surface area contributed by atoms with Crippen molar-refractivity contribution in [2.24, 2.45) is 5.41 Å². The average Bonchev–Trinajstić information content (AvgIpc) is 2.89. The summed E-state index contributed by atoms with van der Waals surface area (Å²) in [7, 11) is 0. The number of benzene rings is 1. The molecular formula is C29H39N3O5. The number of hydrogen-bond donors (Lipinski definition) is 1. The summed E-state index contributed by atoms with van der Waals surface area (Å²) in [4.78, 5) is 32.3. The Balaban J connectivity index is 1.48. The van der Waals surface area contributed by atoms with Crippen molar-refractivity contribution in [3.8, 4) is 17.4 Å². The molecular weight excluding hydrogens is 470 g/mol. The van der Waals surface area contributed by atoms with Crippen LogP contribution in [0.4, 0.5) is 0 Å². The first kappa shape index (κ1) is 26.9. The Morgan fingerprint density at radius 2 is 1.81 bits per heavy atom. The smallest absolute Gasteiger partial charge is 0.303 e. The molecule has 200 valence electrons. The number of ether oxygens (including phenoxy) is 2. The van der Waals surface area contributed by atoms with Crippen LogP contribution in [0.1, 0.15) is 64.4 Å². The fourth-order valence-corrected chi connectivity index (χ4v) is 5.14. The Labute approximate surface area is 219 Å². The summed E-state index contributed by atoms with van der Waals surface area (Å²) in [6.45, 7) is 8.17. The Morgan fingerprint density at radius 3 is 2.57 bits per heavy atom. The number of likely N-dealkylation sites (tertiary alicyclic amines) is 1. The number of hydrogen-bond acceptors (Lipinski definition) is 6. The minimum atomic E-state index is -0.852. The molecule has 1 amide bonds. The van der Waals surface area contributed by atoms with Crippen LogP contribution in [0.5, 0.6) is 17.4 Å². The molecule has 37 heavy (non-hydrogen) atoms. The van der Waals surface area contributed by atoms with Crippen LogP contribution in [0.3, 0.4) is 0 Å². The number of nitrogens with zero attached hydrogens (tertiary/aromatic N) is 3. The van der Waals surface area contributed by atoms with E-state index in [1.807, 2.05) is 35.2 Å². The molecule has 1 aromatic heterocycles. The number of carbonyl (C=O) groups excluding carboxylic acids is 1. The second kappa shape index (κ2) is 12.4. The maximum absolute atomic E-state index is 12.6. The normalized spacial score (nSPS) is 19.1. The Hall–Kier alpha value is -3.13. The highest BCUT2D eigenvalue weighted by Crippen LogP contribution is 2.35. The van der Waals surface area contributed by atoms with Crippen LogP contribution >= 0.6 is 0 Å². The first-order valence-corrected chi connectivity index (χ1v) is 13.4. The lowest BCUT2D eigenvalue weighted by molar-refractivity contribution is -0.137. The van der Waals surface area contributed by atoms with Gasteiger partial charge in [0.1, 0.15) is 0 Å². The molecule has 3 heterocycles. The Morgan fingerprint density at radius 1 is 1.05 bits per heavy atom. The van der Waals surface area contributed by atoms with Gasteiger partial charge in [-0.25, -0.2) is 4.98 Å². The summed E-state index contributed by atoms with van der Waals surface area (Å²) in [5, 5.41) is 8.84. The van der Waals surface area contributed by atoms with Crippen LogP contribution in [0, 0.1) is 5.41 Å². The third kappa shape index (κ3) is 7.68. The highest BCUT2D eigenvalue weighted by molar-refractivity contribution is 5.77. The van der Waals surface area contributed by atoms with Crippen molar-refractivity contribution >= 4 is 11.9 Å². The molecule has 0 bridgehead atoms. The highest BCUT2D eigenvalue weighted by atomic mass is 16.5. The molecule has 2 aromatic rings. The molecule has 8 nitrogen and oxygen atoms in total. The number of amides is 1. The number of piperidine rings is 1. The minimum absolute atomic E-state index is 0.0175. The molecule has 0 aliphatic carbocycles. The lowest BCUT2D eigenvalue weighted by Gasteiger charge is -2.39. The zero-order valence-corrected chi connectivity index (χ0v) is 22.0. The summed E-state index contributed by atoms with van der Waals surface area (Å²) in [6.07, 6.45) is 6.37. The van der Waals surface area contributed by atoms with Gasteiger partial charge in [0.15, 0.2) is 11.5 Å². The first-order chi connectivity index (χ1) is 17.8. The summed E-state index contributed by atoms with van der Waals surface area (Å²) >= 11 is 0. The van der Waals surface area contributed by atoms with E-state index in [1.54, 1.807) is 6.20 Å². The third-order valence-electron chi connectivity index (χ3n) is 7.31. The first-order valence-electron chi connectivity index (χ1n) is 13.4. The maximum Gasteiger partial charge on any atom is 0.303 e. The van der Waals surface area contributed by atoms with Crippen molar-refractivity contribution in [2.75, 3.05) is 26.2 Å². The summed E-state index contributed by atoms with van der Waals surface area (Å²) < 4.78 is 12.5. The molecule has 1 fully saturated rings. The van der Waals surface area contributed by atoms with E-state index in [2.05, 4.69) is 29.8 Å². The zero-order valence-electron chi connectivity index (χ0n) is 22.0. The number of carbonyl (C=O) groups is 2. The quantitative estimate of drug-likeness (QED) is 0.598. The number of aliphatic carboxylic acids is 1. The van der Waals surface area contributed by atoms with Crippen molar-refractivity contribution in [1.82, 2.24) is 14.8 Å². The van der Waals surface area contributed by atoms with E-state index in [-0.39, 0.29) is 17.7 Å². The van der Waals surface area contributed by atoms with E-state index < -0.39 is 5.97 Å². The zero-order chi connectivity index (χ0) is 26.3. The predicted molar refractivity (Wildman–Crippen MR) is 141 cm³/mol. The molecule has 0 unspecified atom stereocenters. The van der Waals surface area contributed by atoms with Crippen molar-refractivity contribution in [3.63, 3.8) is 0 Å². The van der Waals surface area contributed by atoms with Gasteiger partial charge in [0.2, 0.25) is 11.8 Å². The van der Waals surface area contributed by atoms with Crippen LogP contribution in [0.2, 0.25) is 0 Å². The van der Waals surface area contributed by atoms with Crippen molar-refractivity contribution in [2.45, 2.75) is 71.4 Å². The van der Waals surface area contributed by atoms with Gasteiger partial charge >= 0.3 is 5.97 Å². The molecule has 1 aromatic carbocycles. The molecule has 0 atom stereocenters. The molecule has 0 radical (unpaired) electrons. The van der Waals surface area contributed by atoms with Gasteiger partial charge in [0, 0.05) is 50.3 Å². The van der Waals surface area contributed by atoms with Crippen molar-refractivity contribution in [1.29, 1.82) is 0 Å². The van der Waals surface area contributed by atoms with E-state index in [1.165, 1.54) is 0 Å². The monoisotopic (exact) mass is 509 g/mol. The van der Waals surface area contributed by atoms with Crippen molar-refractivity contribution < 1.29 is 24.2 Å². The molecule has 8 heteroatoms. The average molecular weight is 510 g/mol. The number of fused-ring (bicyclic) bond motifs is 2. The van der Waals surface area contributed by atoms with Crippen LogP contribution in [0.25, 0.3) is 0 Å². The molecule has 2 aliphatic rings. The van der Waals surface area contributed by atoms with Gasteiger partial charge in [-0.05, 0) is 62.3 Å². The van der Waals surface area contributed by atoms with Gasteiger partial charge < -0.3 is 19.5 Å². The van der Waals surface area contributed by atoms with Crippen LogP contribution in [-0.2, 0) is 16.1 Å². The van der Waals surface area contributed by atoms with Gasteiger partial charge in [-0.2, -0.15) is 0 Å². The van der Waals surface area contributed by atoms with E-state index in [4.69, 9.17) is 14.6 Å². The van der Waals surface area contributed by atoms with Crippen molar-refractivity contribution in [3.05, 3.63) is 48.2 Å². The summed E-state index contributed by atoms with van der Waals surface area (Å²) in [5.41, 5.74) is 1.05. The van der Waals surface area contributed by atoms with Gasteiger partial charge in [-0.1, -0.05) is 32.0 Å². The number of carboxylic acids is 1. The highest BCUT2D eigenvalue weighted by Gasteiger charge is 2.29. The fourth-order valence-electron chi connectivity index (χ4n) is 5.14. The lowest BCUT2D eigenvalue weighted by atomic mass is 9.88. The maximum atomic E-state index is 12.6. The number of carboxylic acid groups (broad SMARTS) is 1. The number of pyridine rings is 1. The van der Waals surface area contributed by atoms with Gasteiger partial charge in [0.05, 0.1) is 6.61 Å². The SMILES string of the molecule is CC1(C)CCCN(C2CCN(C(=O)CCCC(=O)O)CC2)Cc2cccnc2Oc2ccccc2OC1. The minimum Gasteiger partial charge on any atom is -0.489 e. The number of aromatic nitrogens is 1. The van der Waals surface area contributed by atoms with Gasteiger partial charge in [0.25, 0.3) is 0 Å². The second-order valence-corrected chi connectivity index (χ2v) is 10.9. The summed E-state index contributed by atoms with van der Waals surface area (Å²) in [5.74, 6) is 1.19. The van der Waals surface area contributed by atoms with Gasteiger partial charge in [-0.3, -0.25) is 14.5 Å². The fraction of sp³-hybridized carbons (Fsp3) is 0.552. The predicted octanol–water partition coefficient (Wildman–Crippen LogP) is 5.12. The molecule has 1 saturated heterocycles. The molecule has 4 rings (SSSR count). The topological polar surface area (TPSA) is 92.2 Å². The van der Waals surface area contributed by atoms with E-state index >= 15 is 0 Å². The van der Waals surface area contributed by atoms with E-state index in [9.17, 15) is 9.59 Å². The van der Waals surface area contributed by atoms with Gasteiger partial charge in [-0.15, -0.1) is 0 Å². The van der Waals surface area contributed by atoms with Crippen LogP contribution in [-0.4, -0.2) is 64.0 Å². The molecule has 2 aliphatic heterocycles. The van der Waals surface area contributed by atoms with E-state index in [0.29, 0.717) is 50.2 Å². The number of rotatable bonds is 5. The standard InChI is InChI=1S/C29H39N3O5/c1-29(2)15-7-17-32(23-13-18-31(19-14-23)26(33)11-5-12-27(34)35)20-22-8-6-16-30-28(22)37-25-10-4-3-9-24(25)36-21-29/h3-4,6,8-10,16,23H,5,7,11-15,17-21H2,1-2H3,(H,34,35). The second-order valence-electron chi connectivity index (χ2n) is 10.9. The van der Waals surface area contributed by atoms with E-state index in [0.717, 1.165) is 50.1 Å². The Kier molecular flexibility index (Phi) is 9.03. The largest absolute Gasteiger partial charge is 0.489 e. The molecule has 0 spiro atoms. The summed E-state index contributed by atoms with van der Waals surface area (Å²) in [6, 6.07) is 12.1. The number of para-hydroxylation sites is 2. The Bertz CT molecular complexity index is 1070. The third-order valence-corrected chi connectivity index (χ3v) is 7.31.